The highest BCUT2D eigenvalue weighted by molar-refractivity contribution is 5.78. The molecule has 0 aromatic carbocycles. The first-order valence-corrected chi connectivity index (χ1v) is 6.55. The predicted octanol–water partition coefficient (Wildman–Crippen LogP) is 0.790. The normalized spacial score (nSPS) is 21.8. The number of aromatic nitrogens is 2. The summed E-state index contributed by atoms with van der Waals surface area (Å²) in [7, 11) is 0. The average Bonchev–Trinajstić information content (AvgIpc) is 2.78. The molecule has 1 saturated heterocycles. The molecule has 0 bridgehead atoms. The van der Waals surface area contributed by atoms with Crippen molar-refractivity contribution in [2.24, 2.45) is 5.92 Å². The molecule has 7 heteroatoms. The smallest absolute Gasteiger partial charge is 0.317 e. The third-order valence-electron chi connectivity index (χ3n) is 3.59. The lowest BCUT2D eigenvalue weighted by atomic mass is 10.0. The first-order valence-electron chi connectivity index (χ1n) is 6.55. The van der Waals surface area contributed by atoms with Gasteiger partial charge in [0.05, 0.1) is 18.2 Å². The molecule has 2 heterocycles. The van der Waals surface area contributed by atoms with Crippen molar-refractivity contribution in [2.45, 2.75) is 32.9 Å². The molecule has 0 spiro atoms. The van der Waals surface area contributed by atoms with Crippen LogP contribution in [0.2, 0.25) is 0 Å². The van der Waals surface area contributed by atoms with Gasteiger partial charge in [-0.15, -0.1) is 0 Å². The van der Waals surface area contributed by atoms with Gasteiger partial charge >= 0.3 is 12.0 Å². The van der Waals surface area contributed by atoms with Crippen LogP contribution in [0.3, 0.4) is 0 Å². The van der Waals surface area contributed by atoms with Crippen LogP contribution in [0.4, 0.5) is 4.79 Å². The van der Waals surface area contributed by atoms with Crippen molar-refractivity contribution in [3.05, 3.63) is 23.8 Å². The molecule has 1 fully saturated rings. The Kier molecular flexibility index (Phi) is 4.16. The van der Waals surface area contributed by atoms with Crippen LogP contribution >= 0.6 is 0 Å². The third-order valence-corrected chi connectivity index (χ3v) is 3.59. The van der Waals surface area contributed by atoms with Gasteiger partial charge in [-0.1, -0.05) is 0 Å². The van der Waals surface area contributed by atoms with Crippen molar-refractivity contribution in [1.82, 2.24) is 20.2 Å². The summed E-state index contributed by atoms with van der Waals surface area (Å²) in [4.78, 5) is 32.8. The summed E-state index contributed by atoms with van der Waals surface area (Å²) in [5, 5.41) is 11.8. The molecule has 7 nitrogen and oxygen atoms in total. The molecule has 1 aromatic heterocycles. The molecule has 2 unspecified atom stereocenters. The van der Waals surface area contributed by atoms with E-state index in [1.165, 1.54) is 0 Å². The summed E-state index contributed by atoms with van der Waals surface area (Å²) >= 11 is 0. The van der Waals surface area contributed by atoms with Crippen molar-refractivity contribution in [2.75, 3.05) is 6.54 Å². The fourth-order valence-corrected chi connectivity index (χ4v) is 2.43. The van der Waals surface area contributed by atoms with Gasteiger partial charge in [0, 0.05) is 18.8 Å². The molecule has 2 N–H and O–H groups in total. The topological polar surface area (TPSA) is 95.4 Å². The number of hydrogen-bond donors (Lipinski definition) is 2. The van der Waals surface area contributed by atoms with E-state index in [-0.39, 0.29) is 12.1 Å². The van der Waals surface area contributed by atoms with Crippen molar-refractivity contribution in [3.8, 4) is 0 Å². The Hall–Kier alpha value is -2.18. The molecule has 0 radical (unpaired) electrons. The minimum Gasteiger partial charge on any atom is -0.481 e. The number of rotatable bonds is 3. The molecule has 1 aromatic rings. The van der Waals surface area contributed by atoms with Gasteiger partial charge in [-0.3, -0.25) is 4.79 Å². The minimum absolute atomic E-state index is 0.252. The lowest BCUT2D eigenvalue weighted by molar-refractivity contribution is -0.142. The van der Waals surface area contributed by atoms with Crippen LogP contribution < -0.4 is 5.32 Å². The Bertz CT molecular complexity index is 520. The zero-order valence-electron chi connectivity index (χ0n) is 11.5. The van der Waals surface area contributed by atoms with Crippen LogP contribution in [0.25, 0.3) is 0 Å². The second-order valence-corrected chi connectivity index (χ2v) is 4.92. The van der Waals surface area contributed by atoms with Gasteiger partial charge in [0.25, 0.3) is 0 Å². The highest BCUT2D eigenvalue weighted by Gasteiger charge is 2.37. The van der Waals surface area contributed by atoms with Crippen LogP contribution in [-0.4, -0.2) is 44.6 Å². The number of carboxylic acid groups (broad SMARTS) is 1. The van der Waals surface area contributed by atoms with E-state index in [2.05, 4.69) is 15.3 Å². The molecule has 0 saturated carbocycles. The second-order valence-electron chi connectivity index (χ2n) is 4.92. The molecule has 20 heavy (non-hydrogen) atoms. The van der Waals surface area contributed by atoms with Crippen molar-refractivity contribution in [3.63, 3.8) is 0 Å². The van der Waals surface area contributed by atoms with Gasteiger partial charge in [0.1, 0.15) is 5.82 Å². The van der Waals surface area contributed by atoms with Gasteiger partial charge in [-0.25, -0.2) is 14.8 Å². The maximum Gasteiger partial charge on any atom is 0.317 e. The fraction of sp³-hybridized carbons (Fsp3) is 0.538. The summed E-state index contributed by atoms with van der Waals surface area (Å²) in [6, 6.07) is 1.19. The molecule has 2 amide bonds. The van der Waals surface area contributed by atoms with E-state index in [4.69, 9.17) is 5.11 Å². The SMILES string of the molecule is Cc1nccc(CNC(=O)N2CCC(C(=O)O)C2C)n1. The van der Waals surface area contributed by atoms with Crippen LogP contribution in [0.15, 0.2) is 12.3 Å². The summed E-state index contributed by atoms with van der Waals surface area (Å²) in [5.41, 5.74) is 0.729. The number of hydrogen-bond acceptors (Lipinski definition) is 4. The lowest BCUT2D eigenvalue weighted by Crippen LogP contribution is -2.43. The zero-order chi connectivity index (χ0) is 14.7. The predicted molar refractivity (Wildman–Crippen MR) is 70.9 cm³/mol. The molecule has 0 aliphatic carbocycles. The zero-order valence-corrected chi connectivity index (χ0v) is 11.5. The van der Waals surface area contributed by atoms with Crippen LogP contribution in [0.1, 0.15) is 24.9 Å². The molecule has 2 rings (SSSR count). The number of carboxylic acids is 1. The van der Waals surface area contributed by atoms with Gasteiger partial charge in [0.2, 0.25) is 0 Å². The number of aliphatic carboxylic acids is 1. The van der Waals surface area contributed by atoms with Crippen molar-refractivity contribution in [1.29, 1.82) is 0 Å². The quantitative estimate of drug-likeness (QED) is 0.852. The summed E-state index contributed by atoms with van der Waals surface area (Å²) in [5.74, 6) is -0.682. The highest BCUT2D eigenvalue weighted by atomic mass is 16.4. The highest BCUT2D eigenvalue weighted by Crippen LogP contribution is 2.24. The number of aryl methyl sites for hydroxylation is 1. The Labute approximate surface area is 117 Å². The van der Waals surface area contributed by atoms with E-state index in [9.17, 15) is 9.59 Å². The minimum atomic E-state index is -0.848. The van der Waals surface area contributed by atoms with Crippen LogP contribution in [-0.2, 0) is 11.3 Å². The molecular weight excluding hydrogens is 260 g/mol. The Balaban J connectivity index is 1.91. The average molecular weight is 278 g/mol. The maximum atomic E-state index is 12.1. The van der Waals surface area contributed by atoms with Gasteiger partial charge in [-0.05, 0) is 26.3 Å². The van der Waals surface area contributed by atoms with Crippen molar-refractivity contribution < 1.29 is 14.7 Å². The van der Waals surface area contributed by atoms with Gasteiger partial charge < -0.3 is 15.3 Å². The number of likely N-dealkylation sites (tertiary alicyclic amines) is 1. The number of amides is 2. The van der Waals surface area contributed by atoms with E-state index in [1.807, 2.05) is 0 Å². The standard InChI is InChI=1S/C13H18N4O3/c1-8-11(12(18)19)4-6-17(8)13(20)15-7-10-3-5-14-9(2)16-10/h3,5,8,11H,4,6-7H2,1-2H3,(H,15,20)(H,18,19). The Morgan fingerprint density at radius 3 is 2.90 bits per heavy atom. The summed E-state index contributed by atoms with van der Waals surface area (Å²) in [6.45, 7) is 4.32. The molecule has 108 valence electrons. The van der Waals surface area contributed by atoms with E-state index in [0.717, 1.165) is 5.69 Å². The van der Waals surface area contributed by atoms with Crippen LogP contribution in [0, 0.1) is 12.8 Å². The van der Waals surface area contributed by atoms with Crippen molar-refractivity contribution >= 4 is 12.0 Å². The van der Waals surface area contributed by atoms with E-state index in [1.54, 1.807) is 31.0 Å². The lowest BCUT2D eigenvalue weighted by Gasteiger charge is -2.23. The van der Waals surface area contributed by atoms with Gasteiger partial charge in [0.15, 0.2) is 0 Å². The maximum absolute atomic E-state index is 12.1. The first kappa shape index (κ1) is 14.2. The molecule has 1 aliphatic heterocycles. The largest absolute Gasteiger partial charge is 0.481 e. The molecule has 1 aliphatic rings. The second kappa shape index (κ2) is 5.85. The first-order chi connectivity index (χ1) is 9.49. The Morgan fingerprint density at radius 1 is 1.55 bits per heavy atom. The monoisotopic (exact) mass is 278 g/mol. The van der Waals surface area contributed by atoms with E-state index >= 15 is 0 Å². The number of carbonyl (C=O) groups excluding carboxylic acids is 1. The van der Waals surface area contributed by atoms with E-state index in [0.29, 0.717) is 25.3 Å². The third kappa shape index (κ3) is 3.04. The summed E-state index contributed by atoms with van der Waals surface area (Å²) in [6.07, 6.45) is 2.14. The fourth-order valence-electron chi connectivity index (χ4n) is 2.43. The number of nitrogens with zero attached hydrogens (tertiary/aromatic N) is 3. The van der Waals surface area contributed by atoms with E-state index < -0.39 is 11.9 Å². The number of urea groups is 1. The Morgan fingerprint density at radius 2 is 2.30 bits per heavy atom. The number of carbonyl (C=O) groups is 2. The summed E-state index contributed by atoms with van der Waals surface area (Å²) < 4.78 is 0. The van der Waals surface area contributed by atoms with Gasteiger partial charge in [-0.2, -0.15) is 0 Å². The molecular formula is C13H18N4O3. The molecule has 2 atom stereocenters. The number of nitrogens with one attached hydrogen (secondary N) is 1. The van der Waals surface area contributed by atoms with Crippen LogP contribution in [0.5, 0.6) is 0 Å².